The third-order valence-electron chi connectivity index (χ3n) is 5.58. The maximum atomic E-state index is 6.23. The Hall–Kier alpha value is -0.120. The molecule has 0 spiro atoms. The van der Waals surface area contributed by atoms with Crippen LogP contribution in [0.4, 0.5) is 0 Å². The van der Waals surface area contributed by atoms with E-state index in [1.165, 1.54) is 45.2 Å². The number of likely N-dealkylation sites (tertiary alicyclic amines) is 1. The van der Waals surface area contributed by atoms with Gasteiger partial charge in [-0.15, -0.1) is 0 Å². The molecule has 20 heavy (non-hydrogen) atoms. The smallest absolute Gasteiger partial charge is 0.0590 e. The van der Waals surface area contributed by atoms with E-state index in [-0.39, 0.29) is 5.54 Å². The number of hydrogen-bond donors (Lipinski definition) is 1. The van der Waals surface area contributed by atoms with E-state index in [0.717, 1.165) is 38.3 Å². The Balaban J connectivity index is 1.99. The maximum absolute atomic E-state index is 6.23. The Morgan fingerprint density at radius 2 is 2.10 bits per heavy atom. The third-order valence-corrected chi connectivity index (χ3v) is 5.58. The van der Waals surface area contributed by atoms with Gasteiger partial charge >= 0.3 is 0 Å². The molecule has 2 aliphatic heterocycles. The Bertz CT molecular complexity index is 284. The monoisotopic (exact) mass is 282 g/mol. The summed E-state index contributed by atoms with van der Waals surface area (Å²) in [5.41, 5.74) is 6.46. The molecular weight excluding hydrogens is 248 g/mol. The van der Waals surface area contributed by atoms with Crippen LogP contribution < -0.4 is 5.73 Å². The highest BCUT2D eigenvalue weighted by molar-refractivity contribution is 4.97. The van der Waals surface area contributed by atoms with E-state index in [0.29, 0.717) is 6.10 Å². The largest absolute Gasteiger partial charge is 0.378 e. The number of hydrogen-bond acceptors (Lipinski definition) is 3. The van der Waals surface area contributed by atoms with Gasteiger partial charge in [0.1, 0.15) is 0 Å². The van der Waals surface area contributed by atoms with Crippen molar-refractivity contribution in [1.82, 2.24) is 4.90 Å². The van der Waals surface area contributed by atoms with Crippen LogP contribution in [-0.2, 0) is 4.74 Å². The van der Waals surface area contributed by atoms with E-state index < -0.39 is 0 Å². The molecule has 2 fully saturated rings. The van der Waals surface area contributed by atoms with Gasteiger partial charge in [0.25, 0.3) is 0 Å². The van der Waals surface area contributed by atoms with Gasteiger partial charge in [0.15, 0.2) is 0 Å². The minimum Gasteiger partial charge on any atom is -0.378 e. The predicted molar refractivity (Wildman–Crippen MR) is 84.9 cm³/mol. The second-order valence-electron chi connectivity index (χ2n) is 6.86. The van der Waals surface area contributed by atoms with Crippen molar-refractivity contribution in [2.24, 2.45) is 11.7 Å². The summed E-state index contributed by atoms with van der Waals surface area (Å²) in [5, 5.41) is 0. The van der Waals surface area contributed by atoms with Crippen LogP contribution in [0, 0.1) is 5.92 Å². The normalized spacial score (nSPS) is 36.8. The van der Waals surface area contributed by atoms with Crippen LogP contribution in [-0.4, -0.2) is 42.8 Å². The van der Waals surface area contributed by atoms with Crippen molar-refractivity contribution in [1.29, 1.82) is 0 Å². The lowest BCUT2D eigenvalue weighted by atomic mass is 9.83. The molecule has 0 saturated carbocycles. The van der Waals surface area contributed by atoms with Crippen LogP contribution in [0.5, 0.6) is 0 Å². The summed E-state index contributed by atoms with van der Waals surface area (Å²) in [6.07, 6.45) is 10.7. The van der Waals surface area contributed by atoms with Gasteiger partial charge in [0.2, 0.25) is 0 Å². The fourth-order valence-electron chi connectivity index (χ4n) is 4.20. The summed E-state index contributed by atoms with van der Waals surface area (Å²) in [7, 11) is 0. The lowest BCUT2D eigenvalue weighted by molar-refractivity contribution is -0.0715. The van der Waals surface area contributed by atoms with Crippen molar-refractivity contribution in [3.8, 4) is 0 Å². The fraction of sp³-hybridized carbons (Fsp3) is 1.00. The molecule has 0 aromatic heterocycles. The first-order valence-corrected chi connectivity index (χ1v) is 8.80. The number of nitrogens with zero attached hydrogens (tertiary/aromatic N) is 1. The maximum Gasteiger partial charge on any atom is 0.0590 e. The summed E-state index contributed by atoms with van der Waals surface area (Å²) >= 11 is 0. The number of ether oxygens (including phenoxy) is 1. The number of rotatable bonds is 5. The van der Waals surface area contributed by atoms with Gasteiger partial charge in [0.05, 0.1) is 6.10 Å². The highest BCUT2D eigenvalue weighted by Crippen LogP contribution is 2.34. The molecule has 0 amide bonds. The standard InChI is InChI=1S/C17H34N2O/c1-3-6-15-7-5-10-19(11-8-15)17(14-18)9-12-20-16(4-2)13-17/h15-16H,3-14,18H2,1-2H3. The summed E-state index contributed by atoms with van der Waals surface area (Å²) in [6, 6.07) is 0. The quantitative estimate of drug-likeness (QED) is 0.841. The van der Waals surface area contributed by atoms with E-state index in [4.69, 9.17) is 10.5 Å². The molecule has 3 unspecified atom stereocenters. The highest BCUT2D eigenvalue weighted by Gasteiger charge is 2.40. The molecule has 0 aliphatic carbocycles. The average molecular weight is 282 g/mol. The molecule has 3 heteroatoms. The van der Waals surface area contributed by atoms with Crippen LogP contribution in [0.25, 0.3) is 0 Å². The summed E-state index contributed by atoms with van der Waals surface area (Å²) in [5.74, 6) is 0.946. The van der Waals surface area contributed by atoms with E-state index in [1.54, 1.807) is 0 Å². The summed E-state index contributed by atoms with van der Waals surface area (Å²) in [6.45, 7) is 8.73. The molecule has 0 aromatic rings. The zero-order valence-corrected chi connectivity index (χ0v) is 13.6. The van der Waals surface area contributed by atoms with Gasteiger partial charge in [-0.2, -0.15) is 0 Å². The molecule has 2 saturated heterocycles. The molecular formula is C17H34N2O. The molecule has 3 nitrogen and oxygen atoms in total. The first-order chi connectivity index (χ1) is 9.74. The van der Waals surface area contributed by atoms with Gasteiger partial charge < -0.3 is 10.5 Å². The SMILES string of the molecule is CCCC1CCCN(C2(CN)CCOC(CC)C2)CC1. The summed E-state index contributed by atoms with van der Waals surface area (Å²) in [4.78, 5) is 2.73. The van der Waals surface area contributed by atoms with Crippen LogP contribution >= 0.6 is 0 Å². The van der Waals surface area contributed by atoms with Crippen molar-refractivity contribution < 1.29 is 4.74 Å². The Kier molecular flexibility index (Phi) is 6.31. The van der Waals surface area contributed by atoms with Crippen LogP contribution in [0.15, 0.2) is 0 Å². The van der Waals surface area contributed by atoms with Gasteiger partial charge in [-0.3, -0.25) is 4.90 Å². The lowest BCUT2D eigenvalue weighted by Gasteiger charge is -2.48. The number of nitrogens with two attached hydrogens (primary N) is 1. The molecule has 2 heterocycles. The molecule has 2 N–H and O–H groups in total. The van der Waals surface area contributed by atoms with Crippen molar-refractivity contribution >= 4 is 0 Å². The fourth-order valence-corrected chi connectivity index (χ4v) is 4.20. The van der Waals surface area contributed by atoms with Crippen molar-refractivity contribution in [2.75, 3.05) is 26.2 Å². The molecule has 2 rings (SSSR count). The lowest BCUT2D eigenvalue weighted by Crippen LogP contribution is -2.58. The first kappa shape index (κ1) is 16.3. The van der Waals surface area contributed by atoms with Crippen LogP contribution in [0.2, 0.25) is 0 Å². The van der Waals surface area contributed by atoms with Gasteiger partial charge in [-0.05, 0) is 57.5 Å². The topological polar surface area (TPSA) is 38.5 Å². The van der Waals surface area contributed by atoms with Gasteiger partial charge in [-0.1, -0.05) is 26.7 Å². The van der Waals surface area contributed by atoms with E-state index in [9.17, 15) is 0 Å². The minimum absolute atomic E-state index is 0.222. The molecule has 0 aromatic carbocycles. The second kappa shape index (κ2) is 7.77. The predicted octanol–water partition coefficient (Wildman–Crippen LogP) is 3.18. The second-order valence-corrected chi connectivity index (χ2v) is 6.86. The zero-order valence-electron chi connectivity index (χ0n) is 13.6. The molecule has 0 bridgehead atoms. The third kappa shape index (κ3) is 3.75. The van der Waals surface area contributed by atoms with Crippen molar-refractivity contribution in [2.45, 2.75) is 76.9 Å². The van der Waals surface area contributed by atoms with E-state index >= 15 is 0 Å². The van der Waals surface area contributed by atoms with E-state index in [1.807, 2.05) is 0 Å². The Labute approximate surface area is 125 Å². The van der Waals surface area contributed by atoms with Crippen LogP contribution in [0.3, 0.4) is 0 Å². The van der Waals surface area contributed by atoms with Crippen molar-refractivity contribution in [3.63, 3.8) is 0 Å². The molecule has 2 aliphatic rings. The molecule has 118 valence electrons. The van der Waals surface area contributed by atoms with Gasteiger partial charge in [0, 0.05) is 18.7 Å². The Morgan fingerprint density at radius 3 is 2.80 bits per heavy atom. The Morgan fingerprint density at radius 1 is 1.25 bits per heavy atom. The molecule has 0 radical (unpaired) electrons. The van der Waals surface area contributed by atoms with Gasteiger partial charge in [-0.25, -0.2) is 0 Å². The first-order valence-electron chi connectivity index (χ1n) is 8.80. The minimum atomic E-state index is 0.222. The average Bonchev–Trinajstić information content (AvgIpc) is 2.73. The van der Waals surface area contributed by atoms with Crippen LogP contribution in [0.1, 0.15) is 65.2 Å². The van der Waals surface area contributed by atoms with E-state index in [2.05, 4.69) is 18.7 Å². The molecule has 3 atom stereocenters. The highest BCUT2D eigenvalue weighted by atomic mass is 16.5. The van der Waals surface area contributed by atoms with Crippen molar-refractivity contribution in [3.05, 3.63) is 0 Å². The summed E-state index contributed by atoms with van der Waals surface area (Å²) < 4.78 is 5.88. The zero-order chi connectivity index (χ0) is 14.4.